The molecule has 1 aliphatic carbocycles. The predicted molar refractivity (Wildman–Crippen MR) is 91.5 cm³/mol. The van der Waals surface area contributed by atoms with Gasteiger partial charge in [0.15, 0.2) is 0 Å². The quantitative estimate of drug-likeness (QED) is 0.628. The second-order valence-electron chi connectivity index (χ2n) is 6.63. The molecule has 2 aromatic rings. The number of carbonyl (C=O) groups is 1. The minimum Gasteiger partial charge on any atom is -0.339 e. The number of nitrogens with zero attached hydrogens (tertiary/aromatic N) is 5. The Hall–Kier alpha value is -2.77. The van der Waals surface area contributed by atoms with Gasteiger partial charge >= 0.3 is 0 Å². The van der Waals surface area contributed by atoms with Gasteiger partial charge in [-0.3, -0.25) is 14.9 Å². The standard InChI is InChI=1S/C17H21N5O3/c1-12-3-6-14(7-4-12)20(2)17(23)13-5-8-15(16(9-13)22(24)25)21-11-18-10-19-21/h5,8-12,14H,3-4,6-7H2,1-2H3. The molecule has 1 aromatic heterocycles. The summed E-state index contributed by atoms with van der Waals surface area (Å²) in [5.41, 5.74) is 0.437. The van der Waals surface area contributed by atoms with Gasteiger partial charge in [0.1, 0.15) is 18.3 Å². The lowest BCUT2D eigenvalue weighted by atomic mass is 9.86. The molecule has 1 aromatic carbocycles. The molecule has 25 heavy (non-hydrogen) atoms. The molecule has 0 saturated heterocycles. The van der Waals surface area contributed by atoms with E-state index in [1.165, 1.54) is 29.5 Å². The van der Waals surface area contributed by atoms with Gasteiger partial charge in [-0.2, -0.15) is 5.10 Å². The minimum atomic E-state index is -0.504. The highest BCUT2D eigenvalue weighted by Crippen LogP contribution is 2.29. The van der Waals surface area contributed by atoms with Crippen molar-refractivity contribution < 1.29 is 9.72 Å². The van der Waals surface area contributed by atoms with Crippen LogP contribution in [0.5, 0.6) is 0 Å². The largest absolute Gasteiger partial charge is 0.339 e. The van der Waals surface area contributed by atoms with Gasteiger partial charge in [0.25, 0.3) is 11.6 Å². The average molecular weight is 343 g/mol. The Bertz CT molecular complexity index is 767. The van der Waals surface area contributed by atoms with Crippen molar-refractivity contribution in [1.82, 2.24) is 19.7 Å². The van der Waals surface area contributed by atoms with E-state index in [4.69, 9.17) is 0 Å². The van der Waals surface area contributed by atoms with E-state index in [1.54, 1.807) is 18.0 Å². The van der Waals surface area contributed by atoms with E-state index < -0.39 is 4.92 Å². The third-order valence-electron chi connectivity index (χ3n) is 4.94. The Balaban J connectivity index is 1.86. The van der Waals surface area contributed by atoms with Gasteiger partial charge in [-0.1, -0.05) is 6.92 Å². The zero-order valence-corrected chi connectivity index (χ0v) is 14.3. The number of amides is 1. The molecule has 132 valence electrons. The number of carbonyl (C=O) groups excluding carboxylic acids is 1. The predicted octanol–water partition coefficient (Wildman–Crippen LogP) is 2.83. The summed E-state index contributed by atoms with van der Waals surface area (Å²) >= 11 is 0. The maximum Gasteiger partial charge on any atom is 0.295 e. The zero-order chi connectivity index (χ0) is 18.0. The fourth-order valence-electron chi connectivity index (χ4n) is 3.33. The molecule has 0 unspecified atom stereocenters. The molecule has 8 heteroatoms. The van der Waals surface area contributed by atoms with E-state index in [1.807, 2.05) is 0 Å². The van der Waals surface area contributed by atoms with E-state index in [0.29, 0.717) is 11.5 Å². The fraction of sp³-hybridized carbons (Fsp3) is 0.471. The van der Waals surface area contributed by atoms with Crippen LogP contribution in [0.25, 0.3) is 5.69 Å². The highest BCUT2D eigenvalue weighted by molar-refractivity contribution is 5.95. The number of aromatic nitrogens is 3. The van der Waals surface area contributed by atoms with Crippen molar-refractivity contribution in [3.05, 3.63) is 46.5 Å². The van der Waals surface area contributed by atoms with Crippen molar-refractivity contribution in [2.75, 3.05) is 7.05 Å². The SMILES string of the molecule is CC1CCC(N(C)C(=O)c2ccc(-n3cncn3)c([N+](=O)[O-])c2)CC1. The maximum atomic E-state index is 12.8. The van der Waals surface area contributed by atoms with Crippen LogP contribution in [0.2, 0.25) is 0 Å². The number of nitro benzene ring substituents is 1. The van der Waals surface area contributed by atoms with Crippen molar-refractivity contribution >= 4 is 11.6 Å². The lowest BCUT2D eigenvalue weighted by molar-refractivity contribution is -0.384. The Morgan fingerprint density at radius 2 is 2.04 bits per heavy atom. The Kier molecular flexibility index (Phi) is 4.78. The minimum absolute atomic E-state index is 0.165. The summed E-state index contributed by atoms with van der Waals surface area (Å²) in [4.78, 5) is 29.2. The number of hydrogen-bond acceptors (Lipinski definition) is 5. The highest BCUT2D eigenvalue weighted by Gasteiger charge is 2.27. The zero-order valence-electron chi connectivity index (χ0n) is 14.3. The van der Waals surface area contributed by atoms with Gasteiger partial charge in [-0.05, 0) is 43.7 Å². The monoisotopic (exact) mass is 343 g/mol. The summed E-state index contributed by atoms with van der Waals surface area (Å²) in [7, 11) is 1.78. The fourth-order valence-corrected chi connectivity index (χ4v) is 3.33. The highest BCUT2D eigenvalue weighted by atomic mass is 16.6. The van der Waals surface area contributed by atoms with Gasteiger partial charge in [-0.15, -0.1) is 0 Å². The third kappa shape index (κ3) is 3.52. The van der Waals surface area contributed by atoms with Crippen molar-refractivity contribution in [1.29, 1.82) is 0 Å². The van der Waals surface area contributed by atoms with Gasteiger partial charge < -0.3 is 4.90 Å². The molecule has 0 atom stereocenters. The summed E-state index contributed by atoms with van der Waals surface area (Å²) in [6, 6.07) is 4.66. The van der Waals surface area contributed by atoms with Crippen LogP contribution in [-0.4, -0.2) is 43.6 Å². The van der Waals surface area contributed by atoms with Crippen LogP contribution in [-0.2, 0) is 0 Å². The summed E-state index contributed by atoms with van der Waals surface area (Å²) in [6.07, 6.45) is 6.85. The van der Waals surface area contributed by atoms with Crippen LogP contribution in [0.3, 0.4) is 0 Å². The molecule has 1 fully saturated rings. The maximum absolute atomic E-state index is 12.8. The van der Waals surface area contributed by atoms with Crippen LogP contribution in [0.1, 0.15) is 43.0 Å². The molecule has 0 aliphatic heterocycles. The first-order chi connectivity index (χ1) is 12.0. The lowest BCUT2D eigenvalue weighted by Crippen LogP contribution is -2.39. The first-order valence-corrected chi connectivity index (χ1v) is 8.38. The third-order valence-corrected chi connectivity index (χ3v) is 4.94. The van der Waals surface area contributed by atoms with Crippen LogP contribution >= 0.6 is 0 Å². The molecule has 1 saturated carbocycles. The molecule has 0 N–H and O–H groups in total. The second-order valence-corrected chi connectivity index (χ2v) is 6.63. The second kappa shape index (κ2) is 7.00. The average Bonchev–Trinajstić information content (AvgIpc) is 3.15. The molecule has 1 aliphatic rings. The number of benzene rings is 1. The molecular weight excluding hydrogens is 322 g/mol. The topological polar surface area (TPSA) is 94.2 Å². The van der Waals surface area contributed by atoms with E-state index in [-0.39, 0.29) is 23.3 Å². The van der Waals surface area contributed by atoms with Gasteiger partial charge in [0, 0.05) is 24.7 Å². The number of hydrogen-bond donors (Lipinski definition) is 0. The Morgan fingerprint density at radius 3 is 2.64 bits per heavy atom. The number of nitro groups is 1. The van der Waals surface area contributed by atoms with Crippen LogP contribution in [0.4, 0.5) is 5.69 Å². The normalized spacial score (nSPS) is 20.2. The molecule has 0 spiro atoms. The molecule has 0 bridgehead atoms. The molecular formula is C17H21N5O3. The summed E-state index contributed by atoms with van der Waals surface area (Å²) in [5, 5.41) is 15.3. The molecule has 3 rings (SSSR count). The van der Waals surface area contributed by atoms with Gasteiger partial charge in [0.05, 0.1) is 4.92 Å². The first-order valence-electron chi connectivity index (χ1n) is 8.38. The molecule has 1 heterocycles. The van der Waals surface area contributed by atoms with E-state index in [2.05, 4.69) is 17.0 Å². The van der Waals surface area contributed by atoms with E-state index >= 15 is 0 Å². The van der Waals surface area contributed by atoms with Crippen molar-refractivity contribution in [3.8, 4) is 5.69 Å². The van der Waals surface area contributed by atoms with Crippen LogP contribution < -0.4 is 0 Å². The van der Waals surface area contributed by atoms with Crippen LogP contribution in [0, 0.1) is 16.0 Å². The van der Waals surface area contributed by atoms with Crippen LogP contribution in [0.15, 0.2) is 30.9 Å². The number of rotatable bonds is 4. The van der Waals surface area contributed by atoms with Gasteiger partial charge in [0.2, 0.25) is 0 Å². The summed E-state index contributed by atoms with van der Waals surface area (Å²) < 4.78 is 1.32. The molecule has 8 nitrogen and oxygen atoms in total. The lowest BCUT2D eigenvalue weighted by Gasteiger charge is -2.33. The van der Waals surface area contributed by atoms with Gasteiger partial charge in [-0.25, -0.2) is 9.67 Å². The van der Waals surface area contributed by atoms with E-state index in [9.17, 15) is 14.9 Å². The van der Waals surface area contributed by atoms with E-state index in [0.717, 1.165) is 25.7 Å². The van der Waals surface area contributed by atoms with Crippen molar-refractivity contribution in [2.24, 2.45) is 5.92 Å². The van der Waals surface area contributed by atoms with Crippen molar-refractivity contribution in [2.45, 2.75) is 38.6 Å². The van der Waals surface area contributed by atoms with Crippen molar-refractivity contribution in [3.63, 3.8) is 0 Å². The first kappa shape index (κ1) is 17.1. The molecule has 0 radical (unpaired) electrons. The Labute approximate surface area is 145 Å². The summed E-state index contributed by atoms with van der Waals surface area (Å²) in [5.74, 6) is 0.510. The Morgan fingerprint density at radius 1 is 1.32 bits per heavy atom. The molecule has 1 amide bonds. The summed E-state index contributed by atoms with van der Waals surface area (Å²) in [6.45, 7) is 2.23. The smallest absolute Gasteiger partial charge is 0.295 e.